The van der Waals surface area contributed by atoms with Crippen molar-refractivity contribution in [2.45, 2.75) is 13.8 Å². The predicted molar refractivity (Wildman–Crippen MR) is 113 cm³/mol. The first kappa shape index (κ1) is 20.7. The molecule has 28 heavy (non-hydrogen) atoms. The number of aryl methyl sites for hydroxylation is 1. The van der Waals surface area contributed by atoms with E-state index in [9.17, 15) is 14.4 Å². The van der Waals surface area contributed by atoms with Crippen molar-refractivity contribution in [1.82, 2.24) is 9.47 Å². The summed E-state index contributed by atoms with van der Waals surface area (Å²) in [5.41, 5.74) is 3.55. The molecule has 2 heterocycles. The lowest BCUT2D eigenvalue weighted by atomic mass is 10.2. The molecule has 1 aromatic carbocycles. The van der Waals surface area contributed by atoms with E-state index in [0.717, 1.165) is 43.8 Å². The minimum absolute atomic E-state index is 0.267. The number of halogens is 2. The Morgan fingerprint density at radius 2 is 2.00 bits per heavy atom. The number of ether oxygens (including phenoxy) is 1. The molecule has 1 aromatic heterocycles. The number of nitrogens with zero attached hydrogens (tertiary/aromatic N) is 2. The van der Waals surface area contributed by atoms with Gasteiger partial charge < -0.3 is 9.30 Å². The van der Waals surface area contributed by atoms with Crippen molar-refractivity contribution >= 4 is 62.5 Å². The van der Waals surface area contributed by atoms with Crippen LogP contribution in [-0.4, -0.2) is 40.2 Å². The number of amides is 2. The van der Waals surface area contributed by atoms with Crippen molar-refractivity contribution in [3.8, 4) is 5.69 Å². The van der Waals surface area contributed by atoms with Gasteiger partial charge in [0, 0.05) is 21.5 Å². The van der Waals surface area contributed by atoms with E-state index in [-0.39, 0.29) is 4.91 Å². The summed E-state index contributed by atoms with van der Waals surface area (Å²) in [7, 11) is 1.21. The number of carbonyl (C=O) groups is 3. The van der Waals surface area contributed by atoms with E-state index < -0.39 is 23.7 Å². The van der Waals surface area contributed by atoms with Crippen LogP contribution in [0.5, 0.6) is 0 Å². The Labute approximate surface area is 179 Å². The van der Waals surface area contributed by atoms with Gasteiger partial charge in [0.25, 0.3) is 11.1 Å². The van der Waals surface area contributed by atoms with Crippen LogP contribution in [0.3, 0.4) is 0 Å². The van der Waals surface area contributed by atoms with Gasteiger partial charge in [-0.1, -0.05) is 11.6 Å². The van der Waals surface area contributed by atoms with Crippen molar-refractivity contribution in [2.75, 3.05) is 13.7 Å². The number of esters is 1. The summed E-state index contributed by atoms with van der Waals surface area (Å²) in [6, 6.07) is 7.58. The van der Waals surface area contributed by atoms with Gasteiger partial charge in [0.05, 0.1) is 17.0 Å². The average Bonchev–Trinajstić information content (AvgIpc) is 3.07. The van der Waals surface area contributed by atoms with Crippen molar-refractivity contribution in [3.05, 3.63) is 55.6 Å². The number of benzene rings is 1. The highest BCUT2D eigenvalue weighted by atomic mass is 79.9. The summed E-state index contributed by atoms with van der Waals surface area (Å²) in [5.74, 6) is -1.15. The maximum absolute atomic E-state index is 12.5. The summed E-state index contributed by atoms with van der Waals surface area (Å²) in [6.07, 6.45) is 1.67. The highest BCUT2D eigenvalue weighted by Gasteiger charge is 2.36. The third kappa shape index (κ3) is 3.90. The number of aromatic nitrogens is 1. The van der Waals surface area contributed by atoms with Gasteiger partial charge in [0.2, 0.25) is 0 Å². The van der Waals surface area contributed by atoms with Crippen LogP contribution in [0.2, 0.25) is 5.02 Å². The van der Waals surface area contributed by atoms with E-state index in [1.807, 2.05) is 42.7 Å². The Hall–Kier alpha value is -2.03. The van der Waals surface area contributed by atoms with E-state index in [1.165, 1.54) is 7.11 Å². The zero-order valence-corrected chi connectivity index (χ0v) is 18.4. The van der Waals surface area contributed by atoms with E-state index in [0.29, 0.717) is 5.02 Å². The molecule has 0 unspecified atom stereocenters. The molecule has 1 fully saturated rings. The first-order valence-electron chi connectivity index (χ1n) is 8.19. The number of hydrogen-bond donors (Lipinski definition) is 0. The number of carbonyl (C=O) groups excluding carboxylic acids is 3. The maximum atomic E-state index is 12.5. The maximum Gasteiger partial charge on any atom is 0.325 e. The van der Waals surface area contributed by atoms with Crippen molar-refractivity contribution in [3.63, 3.8) is 0 Å². The van der Waals surface area contributed by atoms with Gasteiger partial charge in [0.1, 0.15) is 6.54 Å². The second-order valence-corrected chi connectivity index (χ2v) is 8.36. The third-order valence-electron chi connectivity index (χ3n) is 4.31. The molecule has 0 atom stereocenters. The van der Waals surface area contributed by atoms with E-state index >= 15 is 0 Å². The molecule has 0 radical (unpaired) electrons. The fraction of sp³-hybridized carbons (Fsp3) is 0.211. The Bertz CT molecular complexity index is 1030. The smallest absolute Gasteiger partial charge is 0.325 e. The standard InChI is InChI=1S/C19H16BrClN2O4S/c1-10-6-12(11(2)23(10)13-4-5-14(20)15(21)8-13)7-16-18(25)22(19(26)28-16)9-17(24)27-3/h4-8H,9H2,1-3H3/b16-7+. The lowest BCUT2D eigenvalue weighted by Gasteiger charge is -2.11. The molecular formula is C19H16BrClN2O4S. The van der Waals surface area contributed by atoms with Crippen LogP contribution in [-0.2, 0) is 14.3 Å². The van der Waals surface area contributed by atoms with Gasteiger partial charge in [-0.25, -0.2) is 0 Å². The number of hydrogen-bond acceptors (Lipinski definition) is 5. The quantitative estimate of drug-likeness (QED) is 0.465. The lowest BCUT2D eigenvalue weighted by molar-refractivity contribution is -0.143. The van der Waals surface area contributed by atoms with Gasteiger partial charge in [-0.3, -0.25) is 19.3 Å². The van der Waals surface area contributed by atoms with E-state index in [4.69, 9.17) is 11.6 Å². The fourth-order valence-corrected chi connectivity index (χ4v) is 4.18. The van der Waals surface area contributed by atoms with Crippen molar-refractivity contribution in [1.29, 1.82) is 0 Å². The van der Waals surface area contributed by atoms with Crippen LogP contribution in [0.1, 0.15) is 17.0 Å². The Morgan fingerprint density at radius 3 is 2.64 bits per heavy atom. The molecule has 0 aliphatic carbocycles. The molecule has 6 nitrogen and oxygen atoms in total. The SMILES string of the molecule is COC(=O)CN1C(=O)S/C(=C/c2cc(C)n(-c3ccc(Br)c(Cl)c3)c2C)C1=O. The number of rotatable bonds is 4. The topological polar surface area (TPSA) is 68.6 Å². The number of imide groups is 1. The van der Waals surface area contributed by atoms with Gasteiger partial charge in [0.15, 0.2) is 0 Å². The zero-order chi connectivity index (χ0) is 20.6. The number of thioether (sulfide) groups is 1. The monoisotopic (exact) mass is 482 g/mol. The highest BCUT2D eigenvalue weighted by Crippen LogP contribution is 2.34. The highest BCUT2D eigenvalue weighted by molar-refractivity contribution is 9.10. The first-order valence-corrected chi connectivity index (χ1v) is 10.2. The van der Waals surface area contributed by atoms with Crippen LogP contribution in [0, 0.1) is 13.8 Å². The van der Waals surface area contributed by atoms with Gasteiger partial charge >= 0.3 is 5.97 Å². The molecule has 1 saturated heterocycles. The normalized spacial score (nSPS) is 15.6. The Kier molecular flexibility index (Phi) is 6.02. The second kappa shape index (κ2) is 8.14. The molecule has 0 spiro atoms. The van der Waals surface area contributed by atoms with Gasteiger partial charge in [-0.2, -0.15) is 0 Å². The Balaban J connectivity index is 1.95. The molecule has 1 aliphatic heterocycles. The minimum atomic E-state index is -0.645. The van der Waals surface area contributed by atoms with Crippen LogP contribution in [0.25, 0.3) is 11.8 Å². The molecule has 0 saturated carbocycles. The average molecular weight is 484 g/mol. The lowest BCUT2D eigenvalue weighted by Crippen LogP contribution is -2.34. The molecular weight excluding hydrogens is 468 g/mol. The van der Waals surface area contributed by atoms with Crippen LogP contribution < -0.4 is 0 Å². The van der Waals surface area contributed by atoms with Crippen LogP contribution in [0.4, 0.5) is 4.79 Å². The van der Waals surface area contributed by atoms with Gasteiger partial charge in [-0.05, 0) is 77.4 Å². The molecule has 2 aromatic rings. The van der Waals surface area contributed by atoms with Crippen molar-refractivity contribution < 1.29 is 19.1 Å². The largest absolute Gasteiger partial charge is 0.468 e. The first-order chi connectivity index (χ1) is 13.2. The molecule has 0 N–H and O–H groups in total. The predicted octanol–water partition coefficient (Wildman–Crippen LogP) is 4.72. The molecule has 1 aliphatic rings. The molecule has 0 bridgehead atoms. The Morgan fingerprint density at radius 1 is 1.29 bits per heavy atom. The minimum Gasteiger partial charge on any atom is -0.468 e. The summed E-state index contributed by atoms with van der Waals surface area (Å²) in [5, 5.41) is 0.102. The fourth-order valence-electron chi connectivity index (χ4n) is 2.93. The van der Waals surface area contributed by atoms with Crippen LogP contribution >= 0.6 is 39.3 Å². The molecule has 2 amide bonds. The van der Waals surface area contributed by atoms with E-state index in [1.54, 1.807) is 6.08 Å². The summed E-state index contributed by atoms with van der Waals surface area (Å²) in [4.78, 5) is 37.2. The summed E-state index contributed by atoms with van der Waals surface area (Å²) in [6.45, 7) is 3.48. The molecule has 9 heteroatoms. The number of methoxy groups -OCH3 is 1. The second-order valence-electron chi connectivity index (χ2n) is 6.10. The van der Waals surface area contributed by atoms with E-state index in [2.05, 4.69) is 20.7 Å². The molecule has 3 rings (SSSR count). The third-order valence-corrected chi connectivity index (χ3v) is 6.45. The summed E-state index contributed by atoms with van der Waals surface area (Å²) < 4.78 is 7.36. The summed E-state index contributed by atoms with van der Waals surface area (Å²) >= 11 is 10.4. The van der Waals surface area contributed by atoms with Crippen LogP contribution in [0.15, 0.2) is 33.6 Å². The zero-order valence-electron chi connectivity index (χ0n) is 15.3. The molecule has 146 valence electrons. The van der Waals surface area contributed by atoms with Gasteiger partial charge in [-0.15, -0.1) is 0 Å². The van der Waals surface area contributed by atoms with Crippen molar-refractivity contribution in [2.24, 2.45) is 0 Å².